The lowest BCUT2D eigenvalue weighted by molar-refractivity contribution is 0.0650. The number of benzene rings is 1. The molecule has 1 aromatic heterocycles. The predicted octanol–water partition coefficient (Wildman–Crippen LogP) is 2.96. The van der Waals surface area contributed by atoms with Crippen molar-refractivity contribution in [2.24, 2.45) is 0 Å². The van der Waals surface area contributed by atoms with Gasteiger partial charge in [-0.05, 0) is 57.0 Å². The van der Waals surface area contributed by atoms with Crippen molar-refractivity contribution >= 4 is 5.91 Å². The van der Waals surface area contributed by atoms with Crippen molar-refractivity contribution in [1.82, 2.24) is 19.6 Å². The van der Waals surface area contributed by atoms with Crippen LogP contribution in [0.2, 0.25) is 0 Å². The van der Waals surface area contributed by atoms with Crippen molar-refractivity contribution in [3.8, 4) is 5.69 Å². The first kappa shape index (κ1) is 16.3. The van der Waals surface area contributed by atoms with Gasteiger partial charge >= 0.3 is 0 Å². The van der Waals surface area contributed by atoms with Crippen molar-refractivity contribution < 1.29 is 4.79 Å². The fourth-order valence-corrected chi connectivity index (χ4v) is 4.55. The first-order valence-electron chi connectivity index (χ1n) is 9.43. The molecule has 0 saturated carbocycles. The summed E-state index contributed by atoms with van der Waals surface area (Å²) in [5.41, 5.74) is 1.61. The molecule has 2 saturated heterocycles. The van der Waals surface area contributed by atoms with Crippen LogP contribution in [0.15, 0.2) is 42.7 Å². The van der Waals surface area contributed by atoms with Gasteiger partial charge in [0.05, 0.1) is 11.3 Å². The molecule has 5 heteroatoms. The number of para-hydroxylation sites is 1. The highest BCUT2D eigenvalue weighted by Gasteiger charge is 2.39. The number of rotatable bonds is 4. The van der Waals surface area contributed by atoms with Crippen LogP contribution in [-0.2, 0) is 0 Å². The Bertz CT molecular complexity index is 727. The van der Waals surface area contributed by atoms with Crippen molar-refractivity contribution in [3.63, 3.8) is 0 Å². The van der Waals surface area contributed by atoms with Gasteiger partial charge in [-0.2, -0.15) is 5.10 Å². The normalized spacial score (nSPS) is 24.1. The first-order valence-corrected chi connectivity index (χ1v) is 9.43. The molecule has 2 aliphatic rings. The molecule has 3 heterocycles. The number of likely N-dealkylation sites (tertiary alicyclic amines) is 2. The van der Waals surface area contributed by atoms with Crippen LogP contribution in [0.4, 0.5) is 0 Å². The van der Waals surface area contributed by atoms with Crippen molar-refractivity contribution in [2.45, 2.75) is 44.7 Å². The maximum Gasteiger partial charge on any atom is 0.256 e. The highest BCUT2D eigenvalue weighted by atomic mass is 16.2. The maximum atomic E-state index is 13.4. The fraction of sp³-hybridized carbons (Fsp3) is 0.500. The van der Waals surface area contributed by atoms with Crippen molar-refractivity contribution in [1.29, 1.82) is 0 Å². The Kier molecular flexibility index (Phi) is 4.57. The number of nitrogens with zero attached hydrogens (tertiary/aromatic N) is 4. The van der Waals surface area contributed by atoms with Crippen LogP contribution in [0.5, 0.6) is 0 Å². The van der Waals surface area contributed by atoms with Crippen LogP contribution in [0.25, 0.3) is 5.69 Å². The summed E-state index contributed by atoms with van der Waals surface area (Å²) in [5.74, 6) is 0.150. The number of amides is 1. The van der Waals surface area contributed by atoms with E-state index in [1.54, 1.807) is 10.9 Å². The molecule has 4 rings (SSSR count). The molecule has 132 valence electrons. The SMILES string of the molecule is CCN1CCC[C@H]1[C@H]1CCCN1C(=O)c1ccccc1-n1cccn1. The average molecular weight is 338 g/mol. The van der Waals surface area contributed by atoms with Crippen LogP contribution in [-0.4, -0.2) is 57.2 Å². The summed E-state index contributed by atoms with van der Waals surface area (Å²) >= 11 is 0. The van der Waals surface area contributed by atoms with E-state index in [1.165, 1.54) is 19.4 Å². The van der Waals surface area contributed by atoms with E-state index < -0.39 is 0 Å². The van der Waals surface area contributed by atoms with E-state index in [-0.39, 0.29) is 5.91 Å². The molecular formula is C20H26N4O. The lowest BCUT2D eigenvalue weighted by atomic mass is 10.0. The number of likely N-dealkylation sites (N-methyl/N-ethyl adjacent to an activating group) is 1. The summed E-state index contributed by atoms with van der Waals surface area (Å²) in [4.78, 5) is 18.1. The molecule has 0 spiro atoms. The molecule has 1 aromatic carbocycles. The van der Waals surface area contributed by atoms with Crippen LogP contribution in [0.3, 0.4) is 0 Å². The van der Waals surface area contributed by atoms with Gasteiger partial charge in [-0.3, -0.25) is 9.69 Å². The average Bonchev–Trinajstić information content (AvgIpc) is 3.41. The lowest BCUT2D eigenvalue weighted by Crippen LogP contribution is -2.48. The Hall–Kier alpha value is -2.14. The first-order chi connectivity index (χ1) is 12.3. The second-order valence-electron chi connectivity index (χ2n) is 7.01. The van der Waals surface area contributed by atoms with E-state index in [2.05, 4.69) is 21.8 Å². The van der Waals surface area contributed by atoms with Gasteiger partial charge in [0.2, 0.25) is 0 Å². The maximum absolute atomic E-state index is 13.4. The minimum atomic E-state index is 0.150. The van der Waals surface area contributed by atoms with Gasteiger partial charge in [0, 0.05) is 31.0 Å². The Morgan fingerprint density at radius 1 is 1.12 bits per heavy atom. The summed E-state index contributed by atoms with van der Waals surface area (Å²) < 4.78 is 1.78. The molecule has 2 aromatic rings. The smallest absolute Gasteiger partial charge is 0.256 e. The molecule has 2 atom stereocenters. The molecule has 25 heavy (non-hydrogen) atoms. The molecule has 5 nitrogen and oxygen atoms in total. The van der Waals surface area contributed by atoms with E-state index in [4.69, 9.17) is 0 Å². The number of aromatic nitrogens is 2. The number of hydrogen-bond donors (Lipinski definition) is 0. The topological polar surface area (TPSA) is 41.4 Å². The van der Waals surface area contributed by atoms with Gasteiger partial charge < -0.3 is 4.90 Å². The van der Waals surface area contributed by atoms with Gasteiger partial charge in [0.1, 0.15) is 0 Å². The molecule has 0 radical (unpaired) electrons. The summed E-state index contributed by atoms with van der Waals surface area (Å²) in [6.45, 7) is 5.34. The quantitative estimate of drug-likeness (QED) is 0.861. The van der Waals surface area contributed by atoms with Crippen molar-refractivity contribution in [3.05, 3.63) is 48.3 Å². The van der Waals surface area contributed by atoms with Crippen LogP contribution < -0.4 is 0 Å². The highest BCUT2D eigenvalue weighted by molar-refractivity contribution is 5.98. The van der Waals surface area contributed by atoms with E-state index in [0.29, 0.717) is 12.1 Å². The standard InChI is InChI=1S/C20H26N4O/c1-2-22-13-5-10-18(22)19-11-6-14-23(19)20(25)16-8-3-4-9-17(16)24-15-7-12-21-24/h3-4,7-9,12,15,18-19H,2,5-6,10-11,13-14H2,1H3/t18-,19+/m0/s1. The number of carbonyl (C=O) groups is 1. The largest absolute Gasteiger partial charge is 0.334 e. The minimum Gasteiger partial charge on any atom is -0.334 e. The van der Waals surface area contributed by atoms with Gasteiger partial charge in [-0.25, -0.2) is 4.68 Å². The summed E-state index contributed by atoms with van der Waals surface area (Å²) in [6.07, 6.45) is 8.33. The van der Waals surface area contributed by atoms with Gasteiger partial charge in [-0.1, -0.05) is 19.1 Å². The van der Waals surface area contributed by atoms with Crippen LogP contribution in [0.1, 0.15) is 43.0 Å². The zero-order chi connectivity index (χ0) is 17.2. The summed E-state index contributed by atoms with van der Waals surface area (Å²) in [6, 6.07) is 10.6. The van der Waals surface area contributed by atoms with Gasteiger partial charge in [0.15, 0.2) is 0 Å². The van der Waals surface area contributed by atoms with Gasteiger partial charge in [0.25, 0.3) is 5.91 Å². The zero-order valence-corrected chi connectivity index (χ0v) is 14.8. The Labute approximate surface area is 149 Å². The molecule has 2 aliphatic heterocycles. The molecule has 0 bridgehead atoms. The monoisotopic (exact) mass is 338 g/mol. The third-order valence-corrected chi connectivity index (χ3v) is 5.71. The number of carbonyl (C=O) groups excluding carboxylic acids is 1. The van der Waals surface area contributed by atoms with Crippen molar-refractivity contribution in [2.75, 3.05) is 19.6 Å². The second kappa shape index (κ2) is 7.00. The molecular weight excluding hydrogens is 312 g/mol. The Balaban J connectivity index is 1.63. The van der Waals surface area contributed by atoms with Crippen LogP contribution in [0, 0.1) is 0 Å². The zero-order valence-electron chi connectivity index (χ0n) is 14.8. The van der Waals surface area contributed by atoms with Gasteiger partial charge in [-0.15, -0.1) is 0 Å². The van der Waals surface area contributed by atoms with E-state index >= 15 is 0 Å². The highest BCUT2D eigenvalue weighted by Crippen LogP contribution is 2.31. The molecule has 0 unspecified atom stereocenters. The summed E-state index contributed by atoms with van der Waals surface area (Å²) in [7, 11) is 0. The minimum absolute atomic E-state index is 0.150. The third-order valence-electron chi connectivity index (χ3n) is 5.71. The number of hydrogen-bond acceptors (Lipinski definition) is 3. The second-order valence-corrected chi connectivity index (χ2v) is 7.01. The summed E-state index contributed by atoms with van der Waals surface area (Å²) in [5, 5.41) is 4.32. The molecule has 2 fully saturated rings. The molecule has 0 N–H and O–H groups in total. The Morgan fingerprint density at radius 3 is 2.72 bits per heavy atom. The Morgan fingerprint density at radius 2 is 1.92 bits per heavy atom. The fourth-order valence-electron chi connectivity index (χ4n) is 4.55. The van der Waals surface area contributed by atoms with Crippen LogP contribution >= 0.6 is 0 Å². The van der Waals surface area contributed by atoms with E-state index in [9.17, 15) is 4.79 Å². The van der Waals surface area contributed by atoms with E-state index in [0.717, 1.165) is 37.2 Å². The predicted molar refractivity (Wildman–Crippen MR) is 97.9 cm³/mol. The third kappa shape index (κ3) is 2.97. The van der Waals surface area contributed by atoms with E-state index in [1.807, 2.05) is 36.5 Å². The molecule has 1 amide bonds. The molecule has 0 aliphatic carbocycles. The lowest BCUT2D eigenvalue weighted by Gasteiger charge is -2.34.